The van der Waals surface area contributed by atoms with Gasteiger partial charge in [0.05, 0.1) is 5.02 Å². The summed E-state index contributed by atoms with van der Waals surface area (Å²) in [7, 11) is 0. The fraction of sp³-hybridized carbons (Fsp3) is 0. The van der Waals surface area contributed by atoms with Gasteiger partial charge in [-0.05, 0) is 48.6 Å². The van der Waals surface area contributed by atoms with E-state index < -0.39 is 17.6 Å². The predicted molar refractivity (Wildman–Crippen MR) is 121 cm³/mol. The fourth-order valence-corrected chi connectivity index (χ4v) is 2.91. The topological polar surface area (TPSA) is 104 Å². The molecule has 1 N–H and O–H groups in total. The van der Waals surface area contributed by atoms with E-state index >= 15 is 4.39 Å². The molecule has 1 aliphatic rings. The Labute approximate surface area is 192 Å². The SMILES string of the molecule is O=C(Nc1ccc(Cl)cn1)c1ccc(N(C(=O)c2ncccn2)N2C=CC=CN=C2)c(F)c1. The van der Waals surface area contributed by atoms with Gasteiger partial charge in [0.1, 0.15) is 23.7 Å². The van der Waals surface area contributed by atoms with Crippen molar-refractivity contribution in [3.8, 4) is 0 Å². The van der Waals surface area contributed by atoms with Gasteiger partial charge in [0.15, 0.2) is 0 Å². The van der Waals surface area contributed by atoms with Gasteiger partial charge in [-0.3, -0.25) is 9.59 Å². The van der Waals surface area contributed by atoms with Crippen molar-refractivity contribution in [2.24, 2.45) is 4.99 Å². The van der Waals surface area contributed by atoms with Crippen LogP contribution in [0.1, 0.15) is 21.0 Å². The summed E-state index contributed by atoms with van der Waals surface area (Å²) in [6.45, 7) is 0. The number of carbonyl (C=O) groups is 2. The lowest BCUT2D eigenvalue weighted by Gasteiger charge is -2.30. The minimum Gasteiger partial charge on any atom is -0.307 e. The number of rotatable bonds is 5. The Morgan fingerprint density at radius 2 is 1.88 bits per heavy atom. The van der Waals surface area contributed by atoms with Crippen molar-refractivity contribution in [3.05, 3.63) is 102 Å². The number of aliphatic imine (C=N–C) groups is 1. The van der Waals surface area contributed by atoms with E-state index in [4.69, 9.17) is 11.6 Å². The first-order chi connectivity index (χ1) is 16.0. The number of benzene rings is 1. The highest BCUT2D eigenvalue weighted by atomic mass is 35.5. The number of nitrogens with one attached hydrogen (secondary N) is 1. The number of hydrazine groups is 1. The molecule has 33 heavy (non-hydrogen) atoms. The number of amides is 2. The molecule has 4 rings (SSSR count). The van der Waals surface area contributed by atoms with Crippen molar-refractivity contribution in [1.29, 1.82) is 0 Å². The monoisotopic (exact) mass is 463 g/mol. The molecule has 0 saturated heterocycles. The van der Waals surface area contributed by atoms with Crippen LogP contribution in [-0.2, 0) is 0 Å². The molecule has 0 bridgehead atoms. The summed E-state index contributed by atoms with van der Waals surface area (Å²) in [5.41, 5.74) is -0.107. The summed E-state index contributed by atoms with van der Waals surface area (Å²) in [4.78, 5) is 41.6. The van der Waals surface area contributed by atoms with E-state index in [-0.39, 0.29) is 22.9 Å². The number of carbonyl (C=O) groups excluding carboxylic acids is 2. The van der Waals surface area contributed by atoms with Gasteiger partial charge < -0.3 is 5.32 Å². The molecule has 0 unspecified atom stereocenters. The summed E-state index contributed by atoms with van der Waals surface area (Å²) in [5, 5.41) is 5.27. The van der Waals surface area contributed by atoms with E-state index in [0.717, 1.165) is 11.1 Å². The first-order valence-corrected chi connectivity index (χ1v) is 9.89. The molecule has 2 aromatic heterocycles. The third kappa shape index (κ3) is 5.08. The summed E-state index contributed by atoms with van der Waals surface area (Å²) in [5.74, 6) is -2.00. The molecule has 0 saturated carbocycles. The van der Waals surface area contributed by atoms with Crippen LogP contribution in [0.5, 0.6) is 0 Å². The molecular weight excluding hydrogens is 449 g/mol. The van der Waals surface area contributed by atoms with Crippen LogP contribution in [0, 0.1) is 5.82 Å². The number of anilines is 2. The summed E-state index contributed by atoms with van der Waals surface area (Å²) < 4.78 is 15.2. The molecule has 164 valence electrons. The zero-order valence-electron chi connectivity index (χ0n) is 16.8. The largest absolute Gasteiger partial charge is 0.315 e. The zero-order chi connectivity index (χ0) is 23.2. The van der Waals surface area contributed by atoms with E-state index in [1.54, 1.807) is 24.3 Å². The van der Waals surface area contributed by atoms with Crippen molar-refractivity contribution in [1.82, 2.24) is 20.0 Å². The van der Waals surface area contributed by atoms with Crippen LogP contribution in [0.25, 0.3) is 0 Å². The lowest BCUT2D eigenvalue weighted by Crippen LogP contribution is -2.44. The number of hydrogen-bond acceptors (Lipinski definition) is 7. The number of pyridine rings is 1. The van der Waals surface area contributed by atoms with Gasteiger partial charge in [-0.15, -0.1) is 0 Å². The number of hydrogen-bond donors (Lipinski definition) is 1. The molecule has 9 nitrogen and oxygen atoms in total. The molecule has 0 spiro atoms. The molecular formula is C22H15ClFN7O2. The minimum atomic E-state index is -0.824. The maximum absolute atomic E-state index is 15.2. The quantitative estimate of drug-likeness (QED) is 0.616. The van der Waals surface area contributed by atoms with Gasteiger partial charge in [0.2, 0.25) is 5.82 Å². The highest BCUT2D eigenvalue weighted by Crippen LogP contribution is 2.25. The second kappa shape index (κ2) is 9.79. The van der Waals surface area contributed by atoms with Crippen molar-refractivity contribution < 1.29 is 14.0 Å². The third-order valence-electron chi connectivity index (χ3n) is 4.29. The van der Waals surface area contributed by atoms with Gasteiger partial charge in [0.25, 0.3) is 5.91 Å². The average molecular weight is 464 g/mol. The van der Waals surface area contributed by atoms with Crippen molar-refractivity contribution in [2.45, 2.75) is 0 Å². The van der Waals surface area contributed by atoms with Crippen LogP contribution < -0.4 is 10.3 Å². The maximum atomic E-state index is 15.2. The molecule has 0 radical (unpaired) electrons. The maximum Gasteiger partial charge on any atom is 0.315 e. The Kier molecular flexibility index (Phi) is 6.46. The van der Waals surface area contributed by atoms with E-state index in [1.807, 2.05) is 0 Å². The molecule has 0 aliphatic carbocycles. The third-order valence-corrected chi connectivity index (χ3v) is 4.52. The second-order valence-electron chi connectivity index (χ2n) is 6.50. The standard InChI is InChI=1S/C22H15ClFN7O2/c23-16-5-7-19(28-13-16)29-21(32)15-4-6-18(17(24)12-15)31(30-11-2-1-8-25-14-30)22(33)20-26-9-3-10-27-20/h1-14H,(H,28,29,32). The molecule has 2 amide bonds. The second-order valence-corrected chi connectivity index (χ2v) is 6.94. The summed E-state index contributed by atoms with van der Waals surface area (Å²) >= 11 is 5.79. The Balaban J connectivity index is 1.66. The number of allylic oxidation sites excluding steroid dienone is 2. The number of halogens is 2. The van der Waals surface area contributed by atoms with Gasteiger partial charge in [-0.2, -0.15) is 0 Å². The van der Waals surface area contributed by atoms with Gasteiger partial charge in [-0.25, -0.2) is 34.4 Å². The highest BCUT2D eigenvalue weighted by molar-refractivity contribution is 6.30. The molecule has 3 aromatic rings. The van der Waals surface area contributed by atoms with E-state index in [0.29, 0.717) is 5.02 Å². The van der Waals surface area contributed by atoms with Crippen LogP contribution in [0.3, 0.4) is 0 Å². The number of aromatic nitrogens is 3. The summed E-state index contributed by atoms with van der Waals surface area (Å²) in [6.07, 6.45) is 11.8. The van der Waals surface area contributed by atoms with Crippen LogP contribution in [0.15, 0.2) is 84.5 Å². The van der Waals surface area contributed by atoms with E-state index in [9.17, 15) is 9.59 Å². The summed E-state index contributed by atoms with van der Waals surface area (Å²) in [6, 6.07) is 8.34. The molecule has 11 heteroatoms. The van der Waals surface area contributed by atoms with Crippen molar-refractivity contribution in [3.63, 3.8) is 0 Å². The molecule has 1 aromatic carbocycles. The van der Waals surface area contributed by atoms with Gasteiger partial charge in [0, 0.05) is 36.6 Å². The number of nitrogens with zero attached hydrogens (tertiary/aromatic N) is 6. The van der Waals surface area contributed by atoms with E-state index in [1.165, 1.54) is 60.5 Å². The Morgan fingerprint density at radius 1 is 1.06 bits per heavy atom. The lowest BCUT2D eigenvalue weighted by molar-refractivity contribution is 0.0942. The fourth-order valence-electron chi connectivity index (χ4n) is 2.80. The smallest absolute Gasteiger partial charge is 0.307 e. The predicted octanol–water partition coefficient (Wildman–Crippen LogP) is 3.85. The minimum absolute atomic E-state index is 0.0260. The van der Waals surface area contributed by atoms with Gasteiger partial charge >= 0.3 is 5.91 Å². The van der Waals surface area contributed by atoms with Crippen LogP contribution >= 0.6 is 11.6 Å². The van der Waals surface area contributed by atoms with Crippen LogP contribution in [-0.4, -0.2) is 38.1 Å². The first kappa shape index (κ1) is 21.8. The van der Waals surface area contributed by atoms with Crippen LogP contribution in [0.4, 0.5) is 15.9 Å². The first-order valence-electron chi connectivity index (χ1n) is 9.52. The molecule has 0 atom stereocenters. The van der Waals surface area contributed by atoms with Crippen molar-refractivity contribution in [2.75, 3.05) is 10.3 Å². The lowest BCUT2D eigenvalue weighted by atomic mass is 10.1. The normalized spacial score (nSPS) is 12.4. The molecule has 1 aliphatic heterocycles. The Hall–Kier alpha value is -4.44. The van der Waals surface area contributed by atoms with Crippen LogP contribution in [0.2, 0.25) is 5.02 Å². The molecule has 0 fully saturated rings. The van der Waals surface area contributed by atoms with Crippen molar-refractivity contribution >= 4 is 41.3 Å². The van der Waals surface area contributed by atoms with Gasteiger partial charge in [-0.1, -0.05) is 11.6 Å². The Morgan fingerprint density at radius 3 is 2.61 bits per heavy atom. The molecule has 3 heterocycles. The Bertz CT molecular complexity index is 1250. The average Bonchev–Trinajstić information content (AvgIpc) is 3.11. The zero-order valence-corrected chi connectivity index (χ0v) is 17.6. The van der Waals surface area contributed by atoms with E-state index in [2.05, 4.69) is 25.3 Å². The highest BCUT2D eigenvalue weighted by Gasteiger charge is 2.27.